The average Bonchev–Trinajstić information content (AvgIpc) is 2.49. The molecule has 6 nitrogen and oxygen atoms in total. The Bertz CT molecular complexity index is 852. The Hall–Kier alpha value is -2.48. The summed E-state index contributed by atoms with van der Waals surface area (Å²) in [5.74, 6) is -2.25. The SMILES string of the molecule is CC(C)(CNc1cnn(-c2ccc(F)cc2F)c(=O)c1Cl)C(N)=O. The second-order valence-corrected chi connectivity index (χ2v) is 6.16. The number of rotatable bonds is 5. The fourth-order valence-electron chi connectivity index (χ4n) is 1.78. The smallest absolute Gasteiger partial charge is 0.292 e. The molecule has 0 aliphatic carbocycles. The Morgan fingerprint density at radius 1 is 1.42 bits per heavy atom. The molecule has 0 radical (unpaired) electrons. The zero-order valence-corrected chi connectivity index (χ0v) is 13.7. The van der Waals surface area contributed by atoms with Crippen molar-refractivity contribution >= 4 is 23.2 Å². The summed E-state index contributed by atoms with van der Waals surface area (Å²) in [6.07, 6.45) is 1.21. The minimum atomic E-state index is -0.948. The van der Waals surface area contributed by atoms with E-state index in [9.17, 15) is 18.4 Å². The van der Waals surface area contributed by atoms with Gasteiger partial charge in [0.25, 0.3) is 5.56 Å². The van der Waals surface area contributed by atoms with Crippen molar-refractivity contribution in [3.8, 4) is 5.69 Å². The fourth-order valence-corrected chi connectivity index (χ4v) is 1.98. The predicted octanol–water partition coefficient (Wildman–Crippen LogP) is 2.09. The molecule has 0 aliphatic rings. The van der Waals surface area contributed by atoms with E-state index in [-0.39, 0.29) is 22.9 Å². The van der Waals surface area contributed by atoms with Gasteiger partial charge in [0, 0.05) is 12.6 Å². The lowest BCUT2D eigenvalue weighted by molar-refractivity contribution is -0.125. The third kappa shape index (κ3) is 3.53. The quantitative estimate of drug-likeness (QED) is 0.858. The van der Waals surface area contributed by atoms with Gasteiger partial charge in [0.2, 0.25) is 5.91 Å². The van der Waals surface area contributed by atoms with E-state index in [0.29, 0.717) is 6.07 Å². The van der Waals surface area contributed by atoms with E-state index in [1.165, 1.54) is 6.20 Å². The molecule has 1 amide bonds. The molecule has 0 saturated heterocycles. The highest BCUT2D eigenvalue weighted by Gasteiger charge is 2.25. The number of hydrogen-bond acceptors (Lipinski definition) is 4. The molecule has 0 spiro atoms. The van der Waals surface area contributed by atoms with Crippen molar-refractivity contribution in [3.05, 3.63) is 51.4 Å². The van der Waals surface area contributed by atoms with Crippen molar-refractivity contribution in [1.29, 1.82) is 0 Å². The van der Waals surface area contributed by atoms with E-state index < -0.39 is 28.5 Å². The summed E-state index contributed by atoms with van der Waals surface area (Å²) in [6.45, 7) is 3.37. The number of nitrogens with zero attached hydrogens (tertiary/aromatic N) is 2. The number of hydrogen-bond donors (Lipinski definition) is 2. The van der Waals surface area contributed by atoms with Gasteiger partial charge in [0.1, 0.15) is 16.5 Å². The van der Waals surface area contributed by atoms with Gasteiger partial charge in [-0.25, -0.2) is 8.78 Å². The summed E-state index contributed by atoms with van der Waals surface area (Å²) in [5, 5.41) is 6.40. The molecule has 0 aliphatic heterocycles. The number of carbonyl (C=O) groups excluding carboxylic acids is 1. The maximum atomic E-state index is 13.8. The van der Waals surface area contributed by atoms with Gasteiger partial charge in [-0.15, -0.1) is 0 Å². The van der Waals surface area contributed by atoms with Gasteiger partial charge in [-0.1, -0.05) is 11.6 Å². The number of aromatic nitrogens is 2. The number of carbonyl (C=O) groups is 1. The Kier molecular flexibility index (Phi) is 4.88. The number of benzene rings is 1. The Morgan fingerprint density at radius 2 is 2.08 bits per heavy atom. The van der Waals surface area contributed by atoms with Gasteiger partial charge < -0.3 is 11.1 Å². The van der Waals surface area contributed by atoms with Gasteiger partial charge in [-0.05, 0) is 26.0 Å². The number of amides is 1. The summed E-state index contributed by atoms with van der Waals surface area (Å²) >= 11 is 5.99. The second-order valence-electron chi connectivity index (χ2n) is 5.79. The number of nitrogens with one attached hydrogen (secondary N) is 1. The largest absolute Gasteiger partial charge is 0.381 e. The predicted molar refractivity (Wildman–Crippen MR) is 86.2 cm³/mol. The molecule has 3 N–H and O–H groups in total. The molecule has 1 heterocycles. The van der Waals surface area contributed by atoms with E-state index in [4.69, 9.17) is 17.3 Å². The molecule has 2 aromatic rings. The molecule has 0 unspecified atom stereocenters. The van der Waals surface area contributed by atoms with Crippen LogP contribution in [0, 0.1) is 17.0 Å². The standard InChI is InChI=1S/C15H15ClF2N4O2/c1-15(2,14(19)24)7-20-10-6-21-22(13(23)12(10)16)11-4-3-8(17)5-9(11)18/h3-6,20H,7H2,1-2H3,(H2,19,24). The molecule has 24 heavy (non-hydrogen) atoms. The Balaban J connectivity index is 2.36. The van der Waals surface area contributed by atoms with Crippen LogP contribution in [-0.2, 0) is 4.79 Å². The van der Waals surface area contributed by atoms with Crippen LogP contribution in [-0.4, -0.2) is 22.2 Å². The molecule has 9 heteroatoms. The normalized spacial score (nSPS) is 11.4. The fraction of sp³-hybridized carbons (Fsp3) is 0.267. The van der Waals surface area contributed by atoms with Crippen molar-refractivity contribution in [1.82, 2.24) is 9.78 Å². The number of nitrogens with two attached hydrogens (primary N) is 1. The van der Waals surface area contributed by atoms with Crippen molar-refractivity contribution < 1.29 is 13.6 Å². The van der Waals surface area contributed by atoms with E-state index in [1.807, 2.05) is 0 Å². The van der Waals surface area contributed by atoms with Crippen LogP contribution in [0.25, 0.3) is 5.69 Å². The van der Waals surface area contributed by atoms with Crippen LogP contribution in [0.1, 0.15) is 13.8 Å². The summed E-state index contributed by atoms with van der Waals surface area (Å²) in [5.41, 5.74) is 3.55. The summed E-state index contributed by atoms with van der Waals surface area (Å²) in [6, 6.07) is 2.72. The third-order valence-electron chi connectivity index (χ3n) is 3.44. The third-order valence-corrected chi connectivity index (χ3v) is 3.81. The lowest BCUT2D eigenvalue weighted by Crippen LogP contribution is -2.37. The monoisotopic (exact) mass is 356 g/mol. The number of primary amides is 1. The van der Waals surface area contributed by atoms with Crippen molar-refractivity contribution in [3.63, 3.8) is 0 Å². The van der Waals surface area contributed by atoms with Crippen LogP contribution < -0.4 is 16.6 Å². The van der Waals surface area contributed by atoms with Crippen molar-refractivity contribution in [2.45, 2.75) is 13.8 Å². The number of halogens is 3. The van der Waals surface area contributed by atoms with E-state index >= 15 is 0 Å². The molecular formula is C15H15ClF2N4O2. The van der Waals surface area contributed by atoms with Gasteiger partial charge in [-0.3, -0.25) is 9.59 Å². The van der Waals surface area contributed by atoms with Crippen LogP contribution in [0.5, 0.6) is 0 Å². The van der Waals surface area contributed by atoms with E-state index in [2.05, 4.69) is 10.4 Å². The Labute approximate surface area is 141 Å². The van der Waals surface area contributed by atoms with Gasteiger partial charge in [-0.2, -0.15) is 9.78 Å². The zero-order valence-electron chi connectivity index (χ0n) is 12.9. The number of anilines is 1. The lowest BCUT2D eigenvalue weighted by Gasteiger charge is -2.21. The minimum Gasteiger partial charge on any atom is -0.381 e. The van der Waals surface area contributed by atoms with Gasteiger partial charge >= 0.3 is 0 Å². The molecule has 2 rings (SSSR count). The minimum absolute atomic E-state index is 0.123. The zero-order chi connectivity index (χ0) is 18.1. The van der Waals surface area contributed by atoms with Crippen molar-refractivity contribution in [2.24, 2.45) is 11.1 Å². The van der Waals surface area contributed by atoms with Crippen LogP contribution >= 0.6 is 11.6 Å². The first-order chi connectivity index (χ1) is 11.1. The summed E-state index contributed by atoms with van der Waals surface area (Å²) < 4.78 is 27.5. The summed E-state index contributed by atoms with van der Waals surface area (Å²) in [4.78, 5) is 23.6. The molecular weight excluding hydrogens is 342 g/mol. The lowest BCUT2D eigenvalue weighted by atomic mass is 9.93. The average molecular weight is 357 g/mol. The summed E-state index contributed by atoms with van der Waals surface area (Å²) in [7, 11) is 0. The van der Waals surface area contributed by atoms with Crippen LogP contribution in [0.15, 0.2) is 29.2 Å². The van der Waals surface area contributed by atoms with Crippen LogP contribution in [0.3, 0.4) is 0 Å². The van der Waals surface area contributed by atoms with E-state index in [0.717, 1.165) is 16.8 Å². The highest BCUT2D eigenvalue weighted by atomic mass is 35.5. The second kappa shape index (κ2) is 6.56. The first-order valence-corrected chi connectivity index (χ1v) is 7.28. The maximum absolute atomic E-state index is 13.8. The molecule has 0 saturated carbocycles. The molecule has 0 fully saturated rings. The molecule has 0 atom stereocenters. The van der Waals surface area contributed by atoms with Crippen molar-refractivity contribution in [2.75, 3.05) is 11.9 Å². The molecule has 1 aromatic heterocycles. The maximum Gasteiger partial charge on any atom is 0.292 e. The van der Waals surface area contributed by atoms with Crippen LogP contribution in [0.2, 0.25) is 5.02 Å². The topological polar surface area (TPSA) is 90.0 Å². The Morgan fingerprint density at radius 3 is 2.67 bits per heavy atom. The van der Waals surface area contributed by atoms with Gasteiger partial charge in [0.05, 0.1) is 17.3 Å². The highest BCUT2D eigenvalue weighted by Crippen LogP contribution is 2.21. The molecule has 128 valence electrons. The highest BCUT2D eigenvalue weighted by molar-refractivity contribution is 6.32. The van der Waals surface area contributed by atoms with Crippen LogP contribution in [0.4, 0.5) is 14.5 Å². The van der Waals surface area contributed by atoms with E-state index in [1.54, 1.807) is 13.8 Å². The molecule has 0 bridgehead atoms. The first kappa shape index (κ1) is 17.9. The van der Waals surface area contributed by atoms with Gasteiger partial charge in [0.15, 0.2) is 5.82 Å². The first-order valence-electron chi connectivity index (χ1n) is 6.90. The molecule has 1 aromatic carbocycles.